The Morgan fingerprint density at radius 3 is 2.43 bits per heavy atom. The molecule has 0 unspecified atom stereocenters. The first-order valence-electron chi connectivity index (χ1n) is 4.71. The van der Waals surface area contributed by atoms with Crippen LogP contribution < -0.4 is 0 Å². The van der Waals surface area contributed by atoms with E-state index in [0.29, 0.717) is 0 Å². The summed E-state index contributed by atoms with van der Waals surface area (Å²) in [5.41, 5.74) is 3.08. The molecule has 0 radical (unpaired) electrons. The summed E-state index contributed by atoms with van der Waals surface area (Å²) in [4.78, 5) is 0. The van der Waals surface area contributed by atoms with Crippen molar-refractivity contribution in [1.29, 1.82) is 0 Å². The molecule has 0 amide bonds. The lowest BCUT2D eigenvalue weighted by Gasteiger charge is -2.06. The van der Waals surface area contributed by atoms with E-state index in [1.54, 1.807) is 6.92 Å². The molecule has 0 fully saturated rings. The van der Waals surface area contributed by atoms with E-state index >= 15 is 0 Å². The molecule has 2 nitrogen and oxygen atoms in total. The van der Waals surface area contributed by atoms with Crippen LogP contribution in [0.2, 0.25) is 0 Å². The smallest absolute Gasteiger partial charge is 0.154 e. The Hall–Kier alpha value is -0.830. The van der Waals surface area contributed by atoms with Gasteiger partial charge in [-0.25, -0.2) is 8.42 Å². The highest BCUT2D eigenvalue weighted by molar-refractivity contribution is 7.90. The fourth-order valence-electron chi connectivity index (χ4n) is 1.29. The summed E-state index contributed by atoms with van der Waals surface area (Å²) in [6.07, 6.45) is 0. The van der Waals surface area contributed by atoms with E-state index in [2.05, 4.69) is 0 Å². The number of rotatable bonds is 3. The Balaban J connectivity index is 3.03. The van der Waals surface area contributed by atoms with E-state index in [-0.39, 0.29) is 11.5 Å². The molecule has 0 saturated carbocycles. The minimum atomic E-state index is -2.91. The van der Waals surface area contributed by atoms with Crippen molar-refractivity contribution in [2.45, 2.75) is 26.5 Å². The number of hydrogen-bond acceptors (Lipinski definition) is 2. The second-order valence-corrected chi connectivity index (χ2v) is 5.96. The monoisotopic (exact) mass is 212 g/mol. The Bertz CT molecular complexity index is 419. The van der Waals surface area contributed by atoms with Gasteiger partial charge in [-0.1, -0.05) is 30.7 Å². The van der Waals surface area contributed by atoms with E-state index < -0.39 is 9.84 Å². The maximum atomic E-state index is 11.4. The number of hydrogen-bond donors (Lipinski definition) is 0. The number of benzene rings is 1. The molecule has 1 rings (SSSR count). The minimum Gasteiger partial charge on any atom is -0.229 e. The van der Waals surface area contributed by atoms with Crippen LogP contribution in [-0.2, 0) is 15.6 Å². The molecule has 14 heavy (non-hydrogen) atoms. The molecule has 1 aromatic carbocycles. The third-order valence-corrected chi connectivity index (χ3v) is 3.95. The van der Waals surface area contributed by atoms with Crippen LogP contribution in [0.5, 0.6) is 0 Å². The van der Waals surface area contributed by atoms with Crippen LogP contribution in [-0.4, -0.2) is 14.2 Å². The van der Waals surface area contributed by atoms with Crippen molar-refractivity contribution < 1.29 is 8.42 Å². The zero-order valence-corrected chi connectivity index (χ0v) is 9.69. The second kappa shape index (κ2) is 4.13. The van der Waals surface area contributed by atoms with Crippen LogP contribution in [0.4, 0.5) is 0 Å². The van der Waals surface area contributed by atoms with Crippen LogP contribution in [0.3, 0.4) is 0 Å². The second-order valence-electron chi connectivity index (χ2n) is 3.61. The first kappa shape index (κ1) is 11.2. The van der Waals surface area contributed by atoms with Gasteiger partial charge >= 0.3 is 0 Å². The largest absolute Gasteiger partial charge is 0.229 e. The highest BCUT2D eigenvalue weighted by Crippen LogP contribution is 2.14. The number of aryl methyl sites for hydroxylation is 2. The summed E-state index contributed by atoms with van der Waals surface area (Å²) < 4.78 is 22.9. The van der Waals surface area contributed by atoms with Crippen LogP contribution in [0, 0.1) is 13.8 Å². The maximum Gasteiger partial charge on any atom is 0.154 e. The average Bonchev–Trinajstić information content (AvgIpc) is 2.11. The lowest BCUT2D eigenvalue weighted by atomic mass is 10.1. The van der Waals surface area contributed by atoms with Gasteiger partial charge in [-0.05, 0) is 25.0 Å². The molecule has 78 valence electrons. The normalized spacial score (nSPS) is 11.6. The zero-order chi connectivity index (χ0) is 10.8. The van der Waals surface area contributed by atoms with Gasteiger partial charge in [-0.15, -0.1) is 0 Å². The van der Waals surface area contributed by atoms with Gasteiger partial charge in [0.2, 0.25) is 0 Å². The Labute approximate surface area is 85.9 Å². The van der Waals surface area contributed by atoms with Gasteiger partial charge in [0.05, 0.1) is 5.75 Å². The SMILES string of the molecule is CCS(=O)(=O)Cc1cc(C)ccc1C. The summed E-state index contributed by atoms with van der Waals surface area (Å²) in [5, 5.41) is 0. The first-order valence-corrected chi connectivity index (χ1v) is 6.53. The van der Waals surface area contributed by atoms with Crippen molar-refractivity contribution in [3.05, 3.63) is 34.9 Å². The molecule has 0 bridgehead atoms. The third kappa shape index (κ3) is 2.84. The van der Waals surface area contributed by atoms with E-state index in [4.69, 9.17) is 0 Å². The van der Waals surface area contributed by atoms with Crippen LogP contribution in [0.1, 0.15) is 23.6 Å². The fourth-order valence-corrected chi connectivity index (χ4v) is 2.28. The van der Waals surface area contributed by atoms with Gasteiger partial charge in [0.25, 0.3) is 0 Å². The lowest BCUT2D eigenvalue weighted by molar-refractivity contribution is 0.596. The predicted molar refractivity (Wildman–Crippen MR) is 59.1 cm³/mol. The van der Waals surface area contributed by atoms with Crippen molar-refractivity contribution in [3.63, 3.8) is 0 Å². The number of sulfone groups is 1. The molecule has 3 heteroatoms. The molecule has 0 atom stereocenters. The van der Waals surface area contributed by atoms with E-state index in [1.165, 1.54) is 0 Å². The topological polar surface area (TPSA) is 34.1 Å². The highest BCUT2D eigenvalue weighted by atomic mass is 32.2. The van der Waals surface area contributed by atoms with Crippen LogP contribution in [0.25, 0.3) is 0 Å². The molecule has 0 aliphatic rings. The average molecular weight is 212 g/mol. The molecule has 0 aliphatic heterocycles. The molecular formula is C11H16O2S. The van der Waals surface area contributed by atoms with Crippen molar-refractivity contribution in [3.8, 4) is 0 Å². The van der Waals surface area contributed by atoms with Crippen LogP contribution >= 0.6 is 0 Å². The molecule has 0 spiro atoms. The van der Waals surface area contributed by atoms with Crippen LogP contribution in [0.15, 0.2) is 18.2 Å². The van der Waals surface area contributed by atoms with Gasteiger partial charge in [0, 0.05) is 5.75 Å². The maximum absolute atomic E-state index is 11.4. The van der Waals surface area contributed by atoms with Gasteiger partial charge < -0.3 is 0 Å². The Morgan fingerprint density at radius 2 is 1.86 bits per heavy atom. The lowest BCUT2D eigenvalue weighted by Crippen LogP contribution is -2.07. The van der Waals surface area contributed by atoms with Gasteiger partial charge in [0.15, 0.2) is 9.84 Å². The summed E-state index contributed by atoms with van der Waals surface area (Å²) in [6.45, 7) is 5.60. The predicted octanol–water partition coefficient (Wildman–Crippen LogP) is 2.24. The zero-order valence-electron chi connectivity index (χ0n) is 8.87. The first-order chi connectivity index (χ1) is 6.44. The molecule has 0 heterocycles. The summed E-state index contributed by atoms with van der Waals surface area (Å²) in [5.74, 6) is 0.372. The highest BCUT2D eigenvalue weighted by Gasteiger charge is 2.10. The Kier molecular flexibility index (Phi) is 3.32. The van der Waals surface area contributed by atoms with Crippen molar-refractivity contribution >= 4 is 9.84 Å². The molecular weight excluding hydrogens is 196 g/mol. The summed E-state index contributed by atoms with van der Waals surface area (Å²) in [7, 11) is -2.91. The molecule has 0 aromatic heterocycles. The van der Waals surface area contributed by atoms with Gasteiger partial charge in [-0.2, -0.15) is 0 Å². The standard InChI is InChI=1S/C11H16O2S/c1-4-14(12,13)8-11-7-9(2)5-6-10(11)3/h5-7H,4,8H2,1-3H3. The van der Waals surface area contributed by atoms with Gasteiger partial charge in [-0.3, -0.25) is 0 Å². The fraction of sp³-hybridized carbons (Fsp3) is 0.455. The molecule has 0 N–H and O–H groups in total. The molecule has 1 aromatic rings. The van der Waals surface area contributed by atoms with Crippen molar-refractivity contribution in [2.24, 2.45) is 0 Å². The third-order valence-electron chi connectivity index (χ3n) is 2.32. The van der Waals surface area contributed by atoms with Crippen molar-refractivity contribution in [2.75, 3.05) is 5.75 Å². The summed E-state index contributed by atoms with van der Waals surface area (Å²) >= 11 is 0. The van der Waals surface area contributed by atoms with Crippen molar-refractivity contribution in [1.82, 2.24) is 0 Å². The quantitative estimate of drug-likeness (QED) is 0.770. The minimum absolute atomic E-state index is 0.164. The van der Waals surface area contributed by atoms with Gasteiger partial charge in [0.1, 0.15) is 0 Å². The molecule has 0 saturated heterocycles. The van der Waals surface area contributed by atoms with E-state index in [0.717, 1.165) is 16.7 Å². The Morgan fingerprint density at radius 1 is 1.21 bits per heavy atom. The van der Waals surface area contributed by atoms with E-state index in [9.17, 15) is 8.42 Å². The van der Waals surface area contributed by atoms with E-state index in [1.807, 2.05) is 32.0 Å². The molecule has 0 aliphatic carbocycles. The summed E-state index contributed by atoms with van der Waals surface area (Å²) in [6, 6.07) is 5.91.